The van der Waals surface area contributed by atoms with Crippen molar-refractivity contribution in [1.29, 1.82) is 0 Å². The standard InChI is InChI=1S/C15H20BrN3O2/c16-13-4-1-5-15(10-13)21-12-14(20)11-17-6-2-8-19-9-3-7-18-19/h1,3-5,7,9-10,14,17,20H,2,6,8,11-12H2. The molecule has 5 nitrogen and oxygen atoms in total. The second kappa shape index (κ2) is 8.81. The van der Waals surface area contributed by atoms with Gasteiger partial charge in [-0.2, -0.15) is 5.10 Å². The molecule has 2 aromatic rings. The molecule has 0 spiro atoms. The molecule has 21 heavy (non-hydrogen) atoms. The SMILES string of the molecule is OC(CNCCCn1cccn1)COc1cccc(Br)c1. The Hall–Kier alpha value is -1.37. The molecule has 0 saturated heterocycles. The van der Waals surface area contributed by atoms with Gasteiger partial charge in [0.1, 0.15) is 18.5 Å². The first-order valence-electron chi connectivity index (χ1n) is 6.98. The highest BCUT2D eigenvalue weighted by atomic mass is 79.9. The fraction of sp³-hybridized carbons (Fsp3) is 0.400. The van der Waals surface area contributed by atoms with E-state index in [-0.39, 0.29) is 6.61 Å². The van der Waals surface area contributed by atoms with E-state index in [0.29, 0.717) is 6.54 Å². The molecule has 0 bridgehead atoms. The zero-order chi connectivity index (χ0) is 14.9. The van der Waals surface area contributed by atoms with E-state index in [4.69, 9.17) is 4.74 Å². The Balaban J connectivity index is 1.54. The van der Waals surface area contributed by atoms with Gasteiger partial charge >= 0.3 is 0 Å². The molecule has 0 aliphatic rings. The molecule has 2 rings (SSSR count). The van der Waals surface area contributed by atoms with Crippen LogP contribution in [0.4, 0.5) is 0 Å². The molecule has 0 saturated carbocycles. The third-order valence-corrected chi connectivity index (χ3v) is 3.41. The second-order valence-electron chi connectivity index (χ2n) is 4.75. The number of nitrogens with zero attached hydrogens (tertiary/aromatic N) is 2. The van der Waals surface area contributed by atoms with Gasteiger partial charge in [-0.3, -0.25) is 4.68 Å². The molecule has 0 aliphatic carbocycles. The van der Waals surface area contributed by atoms with Gasteiger partial charge in [0.15, 0.2) is 0 Å². The minimum atomic E-state index is -0.520. The smallest absolute Gasteiger partial charge is 0.120 e. The van der Waals surface area contributed by atoms with E-state index in [1.807, 2.05) is 41.2 Å². The molecule has 0 amide bonds. The Kier molecular flexibility index (Phi) is 6.72. The maximum atomic E-state index is 9.85. The highest BCUT2D eigenvalue weighted by molar-refractivity contribution is 9.10. The first-order chi connectivity index (χ1) is 10.2. The van der Waals surface area contributed by atoms with Gasteiger partial charge in [0.05, 0.1) is 0 Å². The molecular weight excluding hydrogens is 334 g/mol. The van der Waals surface area contributed by atoms with Crippen molar-refractivity contribution in [3.63, 3.8) is 0 Å². The molecule has 1 aromatic carbocycles. The molecular formula is C15H20BrN3O2. The number of hydrogen-bond donors (Lipinski definition) is 2. The van der Waals surface area contributed by atoms with Crippen molar-refractivity contribution in [2.45, 2.75) is 19.1 Å². The van der Waals surface area contributed by atoms with E-state index in [0.717, 1.165) is 29.7 Å². The van der Waals surface area contributed by atoms with Crippen molar-refractivity contribution in [2.24, 2.45) is 0 Å². The van der Waals surface area contributed by atoms with Gasteiger partial charge in [-0.15, -0.1) is 0 Å². The number of rotatable bonds is 9. The number of aromatic nitrogens is 2. The maximum Gasteiger partial charge on any atom is 0.120 e. The summed E-state index contributed by atoms with van der Waals surface area (Å²) in [6, 6.07) is 9.50. The van der Waals surface area contributed by atoms with Crippen LogP contribution in [-0.2, 0) is 6.54 Å². The van der Waals surface area contributed by atoms with E-state index in [9.17, 15) is 5.11 Å². The third-order valence-electron chi connectivity index (χ3n) is 2.92. The molecule has 1 heterocycles. The predicted octanol–water partition coefficient (Wildman–Crippen LogP) is 2.07. The molecule has 1 atom stereocenters. The predicted molar refractivity (Wildman–Crippen MR) is 85.4 cm³/mol. The zero-order valence-corrected chi connectivity index (χ0v) is 13.4. The van der Waals surface area contributed by atoms with Gasteiger partial charge in [0.25, 0.3) is 0 Å². The van der Waals surface area contributed by atoms with Crippen molar-refractivity contribution in [3.8, 4) is 5.75 Å². The van der Waals surface area contributed by atoms with Crippen LogP contribution in [0.3, 0.4) is 0 Å². The van der Waals surface area contributed by atoms with E-state index < -0.39 is 6.10 Å². The first kappa shape index (κ1) is 16.0. The minimum Gasteiger partial charge on any atom is -0.491 e. The minimum absolute atomic E-state index is 0.280. The Morgan fingerprint density at radius 2 is 2.29 bits per heavy atom. The number of ether oxygens (including phenoxy) is 1. The molecule has 0 aliphatic heterocycles. The molecule has 1 unspecified atom stereocenters. The Morgan fingerprint density at radius 1 is 1.38 bits per heavy atom. The number of hydrogen-bond acceptors (Lipinski definition) is 4. The van der Waals surface area contributed by atoms with Gasteiger partial charge in [-0.05, 0) is 37.2 Å². The number of benzene rings is 1. The summed E-state index contributed by atoms with van der Waals surface area (Å²) in [6.07, 6.45) is 4.17. The van der Waals surface area contributed by atoms with E-state index in [1.165, 1.54) is 0 Å². The highest BCUT2D eigenvalue weighted by Gasteiger charge is 2.05. The first-order valence-corrected chi connectivity index (χ1v) is 7.78. The summed E-state index contributed by atoms with van der Waals surface area (Å²) in [5.41, 5.74) is 0. The number of aliphatic hydroxyl groups is 1. The van der Waals surface area contributed by atoms with Crippen molar-refractivity contribution in [3.05, 3.63) is 47.2 Å². The van der Waals surface area contributed by atoms with Gasteiger partial charge in [-0.25, -0.2) is 0 Å². The Morgan fingerprint density at radius 3 is 3.05 bits per heavy atom. The summed E-state index contributed by atoms with van der Waals surface area (Å²) in [4.78, 5) is 0. The Bertz CT molecular complexity index is 519. The maximum absolute atomic E-state index is 9.85. The van der Waals surface area contributed by atoms with Crippen molar-refractivity contribution in [2.75, 3.05) is 19.7 Å². The average molecular weight is 354 g/mol. The summed E-state index contributed by atoms with van der Waals surface area (Å²) < 4.78 is 8.39. The van der Waals surface area contributed by atoms with Gasteiger partial charge in [0, 0.05) is 30.0 Å². The summed E-state index contributed by atoms with van der Waals surface area (Å²) in [7, 11) is 0. The average Bonchev–Trinajstić information content (AvgIpc) is 2.98. The molecule has 6 heteroatoms. The van der Waals surface area contributed by atoms with Crippen LogP contribution in [0, 0.1) is 0 Å². The summed E-state index contributed by atoms with van der Waals surface area (Å²) in [5.74, 6) is 0.752. The topological polar surface area (TPSA) is 59.3 Å². The molecule has 114 valence electrons. The second-order valence-corrected chi connectivity index (χ2v) is 5.66. The van der Waals surface area contributed by atoms with Gasteiger partial charge in [-0.1, -0.05) is 22.0 Å². The van der Waals surface area contributed by atoms with Crippen LogP contribution in [0.1, 0.15) is 6.42 Å². The number of aliphatic hydroxyl groups excluding tert-OH is 1. The van der Waals surface area contributed by atoms with Crippen LogP contribution in [0.5, 0.6) is 5.75 Å². The molecule has 0 fully saturated rings. The van der Waals surface area contributed by atoms with Crippen molar-refractivity contribution >= 4 is 15.9 Å². The summed E-state index contributed by atoms with van der Waals surface area (Å²) in [6.45, 7) is 2.52. The lowest BCUT2D eigenvalue weighted by Gasteiger charge is -2.13. The van der Waals surface area contributed by atoms with Crippen molar-refractivity contribution < 1.29 is 9.84 Å². The van der Waals surface area contributed by atoms with Crippen LogP contribution >= 0.6 is 15.9 Å². The van der Waals surface area contributed by atoms with Crippen LogP contribution in [0.2, 0.25) is 0 Å². The molecule has 1 aromatic heterocycles. The van der Waals surface area contributed by atoms with Gasteiger partial charge in [0.2, 0.25) is 0 Å². The Labute approximate surface area is 133 Å². The van der Waals surface area contributed by atoms with Crippen molar-refractivity contribution in [1.82, 2.24) is 15.1 Å². The fourth-order valence-corrected chi connectivity index (χ4v) is 2.25. The molecule has 0 radical (unpaired) electrons. The quantitative estimate of drug-likeness (QED) is 0.677. The summed E-state index contributed by atoms with van der Waals surface area (Å²) in [5, 5.41) is 17.2. The van der Waals surface area contributed by atoms with Crippen LogP contribution in [0.15, 0.2) is 47.2 Å². The zero-order valence-electron chi connectivity index (χ0n) is 11.8. The third kappa shape index (κ3) is 6.29. The largest absolute Gasteiger partial charge is 0.491 e. The van der Waals surface area contributed by atoms with Gasteiger partial charge < -0.3 is 15.2 Å². The molecule has 2 N–H and O–H groups in total. The summed E-state index contributed by atoms with van der Waals surface area (Å²) >= 11 is 3.38. The van der Waals surface area contributed by atoms with E-state index in [1.54, 1.807) is 6.20 Å². The lowest BCUT2D eigenvalue weighted by molar-refractivity contribution is 0.106. The van der Waals surface area contributed by atoms with Crippen LogP contribution in [-0.4, -0.2) is 40.7 Å². The lowest BCUT2D eigenvalue weighted by Crippen LogP contribution is -2.32. The van der Waals surface area contributed by atoms with Crippen LogP contribution < -0.4 is 10.1 Å². The lowest BCUT2D eigenvalue weighted by atomic mass is 10.3. The number of aryl methyl sites for hydroxylation is 1. The van der Waals surface area contributed by atoms with E-state index in [2.05, 4.69) is 26.3 Å². The fourth-order valence-electron chi connectivity index (χ4n) is 1.88. The highest BCUT2D eigenvalue weighted by Crippen LogP contribution is 2.17. The normalized spacial score (nSPS) is 12.3. The van der Waals surface area contributed by atoms with Crippen LogP contribution in [0.25, 0.3) is 0 Å². The van der Waals surface area contributed by atoms with E-state index >= 15 is 0 Å². The monoisotopic (exact) mass is 353 g/mol. The number of nitrogens with one attached hydrogen (secondary N) is 1. The number of halogens is 1.